The molecule has 0 bridgehead atoms. The summed E-state index contributed by atoms with van der Waals surface area (Å²) < 4.78 is 0. The number of aromatic amines is 1. The van der Waals surface area contributed by atoms with Crippen molar-refractivity contribution in [3.05, 3.63) is 72.1 Å². The Balaban J connectivity index is 1.63. The first-order chi connectivity index (χ1) is 18.1. The fourth-order valence-electron chi connectivity index (χ4n) is 4.80. The third-order valence-electron chi connectivity index (χ3n) is 6.87. The van der Waals surface area contributed by atoms with Gasteiger partial charge in [0.2, 0.25) is 5.91 Å². The number of carbonyl (C=O) groups excluding carboxylic acids is 2. The summed E-state index contributed by atoms with van der Waals surface area (Å²) >= 11 is 0. The minimum atomic E-state index is -0.693. The van der Waals surface area contributed by atoms with Gasteiger partial charge in [-0.1, -0.05) is 75.9 Å². The van der Waals surface area contributed by atoms with Crippen LogP contribution in [0.3, 0.4) is 0 Å². The van der Waals surface area contributed by atoms with Gasteiger partial charge in [-0.25, -0.2) is 0 Å². The first-order valence-corrected chi connectivity index (χ1v) is 13.5. The van der Waals surface area contributed by atoms with Crippen molar-refractivity contribution < 1.29 is 9.59 Å². The molecule has 37 heavy (non-hydrogen) atoms. The molecule has 0 saturated carbocycles. The summed E-state index contributed by atoms with van der Waals surface area (Å²) in [4.78, 5) is 32.8. The van der Waals surface area contributed by atoms with Crippen LogP contribution < -0.4 is 5.32 Å². The number of amides is 2. The first-order valence-electron chi connectivity index (χ1n) is 13.5. The number of carbonyl (C=O) groups is 2. The smallest absolute Gasteiger partial charge is 0.254 e. The number of nitrogens with one attached hydrogen (secondary N) is 2. The van der Waals surface area contributed by atoms with Crippen LogP contribution in [0.2, 0.25) is 0 Å². The van der Waals surface area contributed by atoms with E-state index in [4.69, 9.17) is 0 Å². The Bertz CT molecular complexity index is 1320. The number of aromatic nitrogens is 3. The number of rotatable bonds is 13. The topological polar surface area (TPSA) is 91.0 Å². The summed E-state index contributed by atoms with van der Waals surface area (Å²) in [6.07, 6.45) is 10.1. The lowest BCUT2D eigenvalue weighted by Crippen LogP contribution is -2.50. The molecule has 194 valence electrons. The van der Waals surface area contributed by atoms with Gasteiger partial charge >= 0.3 is 0 Å². The number of benzene rings is 2. The SMILES string of the molecule is CCCCCN(CCCCC)C(=O)[C@@H](Cc1c[nH]c2ccccc12)NC(=O)c1cnnc2ccccc12. The van der Waals surface area contributed by atoms with Gasteiger partial charge in [-0.2, -0.15) is 10.2 Å². The van der Waals surface area contributed by atoms with Crippen molar-refractivity contribution in [2.75, 3.05) is 13.1 Å². The van der Waals surface area contributed by atoms with Crippen LogP contribution in [0.25, 0.3) is 21.8 Å². The molecule has 1 atom stereocenters. The molecule has 2 aromatic carbocycles. The Morgan fingerprint density at radius 2 is 1.59 bits per heavy atom. The van der Waals surface area contributed by atoms with E-state index in [1.807, 2.05) is 59.6 Å². The molecule has 2 N–H and O–H groups in total. The van der Waals surface area contributed by atoms with E-state index in [0.29, 0.717) is 30.6 Å². The summed E-state index contributed by atoms with van der Waals surface area (Å²) in [5, 5.41) is 13.0. The van der Waals surface area contributed by atoms with Crippen LogP contribution in [-0.4, -0.2) is 51.0 Å². The minimum absolute atomic E-state index is 0.0304. The number of H-pyrrole nitrogens is 1. The number of nitrogens with zero attached hydrogens (tertiary/aromatic N) is 3. The van der Waals surface area contributed by atoms with Crippen molar-refractivity contribution in [2.24, 2.45) is 0 Å². The maximum atomic E-state index is 14.0. The van der Waals surface area contributed by atoms with E-state index >= 15 is 0 Å². The van der Waals surface area contributed by atoms with Crippen LogP contribution in [0.15, 0.2) is 60.9 Å². The standard InChI is InChI=1S/C30H37N5O2/c1-3-5-11-17-35(18-12-6-4-2)30(37)28(19-22-20-31-26-15-9-7-13-23(22)26)33-29(36)25-21-32-34-27-16-10-8-14-24(25)27/h7-10,13-16,20-21,28,31H,3-6,11-12,17-19H2,1-2H3,(H,33,36)/t28-/m1/s1. The predicted molar refractivity (Wildman–Crippen MR) is 148 cm³/mol. The van der Waals surface area contributed by atoms with E-state index in [2.05, 4.69) is 34.3 Å². The highest BCUT2D eigenvalue weighted by Crippen LogP contribution is 2.21. The van der Waals surface area contributed by atoms with Gasteiger partial charge in [-0.05, 0) is 30.5 Å². The van der Waals surface area contributed by atoms with E-state index in [1.165, 1.54) is 6.20 Å². The molecular formula is C30H37N5O2. The zero-order valence-electron chi connectivity index (χ0n) is 21.9. The van der Waals surface area contributed by atoms with Gasteiger partial charge < -0.3 is 15.2 Å². The molecule has 2 heterocycles. The lowest BCUT2D eigenvalue weighted by molar-refractivity contribution is -0.133. The number of hydrogen-bond donors (Lipinski definition) is 2. The van der Waals surface area contributed by atoms with Crippen LogP contribution in [-0.2, 0) is 11.2 Å². The summed E-state index contributed by atoms with van der Waals surface area (Å²) in [7, 11) is 0. The van der Waals surface area contributed by atoms with Crippen LogP contribution in [0.4, 0.5) is 0 Å². The van der Waals surface area contributed by atoms with Gasteiger partial charge in [-0.15, -0.1) is 0 Å². The van der Waals surface area contributed by atoms with Gasteiger partial charge in [0, 0.05) is 42.0 Å². The number of unbranched alkanes of at least 4 members (excludes halogenated alkanes) is 4. The van der Waals surface area contributed by atoms with Crippen molar-refractivity contribution in [1.29, 1.82) is 0 Å². The minimum Gasteiger partial charge on any atom is -0.361 e. The summed E-state index contributed by atoms with van der Waals surface area (Å²) in [6.45, 7) is 5.74. The summed E-state index contributed by atoms with van der Waals surface area (Å²) in [5.74, 6) is -0.344. The van der Waals surface area contributed by atoms with Crippen LogP contribution >= 0.6 is 0 Å². The lowest BCUT2D eigenvalue weighted by Gasteiger charge is -2.28. The van der Waals surface area contributed by atoms with E-state index < -0.39 is 6.04 Å². The van der Waals surface area contributed by atoms with Crippen LogP contribution in [0, 0.1) is 0 Å². The number of para-hydroxylation sites is 1. The highest BCUT2D eigenvalue weighted by atomic mass is 16.2. The first kappa shape index (κ1) is 26.3. The van der Waals surface area contributed by atoms with Crippen LogP contribution in [0.1, 0.15) is 68.3 Å². The second kappa shape index (κ2) is 13.0. The maximum absolute atomic E-state index is 14.0. The van der Waals surface area contributed by atoms with Gasteiger partial charge in [0.05, 0.1) is 17.3 Å². The molecule has 0 saturated heterocycles. The van der Waals surface area contributed by atoms with E-state index in [9.17, 15) is 9.59 Å². The molecule has 0 spiro atoms. The largest absolute Gasteiger partial charge is 0.361 e. The average Bonchev–Trinajstić information content (AvgIpc) is 3.34. The number of fused-ring (bicyclic) bond motifs is 2. The molecule has 7 heteroatoms. The Hall–Kier alpha value is -3.74. The summed E-state index contributed by atoms with van der Waals surface area (Å²) in [5.41, 5.74) is 3.09. The van der Waals surface area contributed by atoms with Crippen molar-refractivity contribution in [1.82, 2.24) is 25.4 Å². The van der Waals surface area contributed by atoms with Gasteiger partial charge in [0.25, 0.3) is 5.91 Å². The van der Waals surface area contributed by atoms with Crippen molar-refractivity contribution in [2.45, 2.75) is 64.8 Å². The lowest BCUT2D eigenvalue weighted by atomic mass is 10.0. The maximum Gasteiger partial charge on any atom is 0.254 e. The highest BCUT2D eigenvalue weighted by Gasteiger charge is 2.28. The van der Waals surface area contributed by atoms with Crippen molar-refractivity contribution in [3.63, 3.8) is 0 Å². The third kappa shape index (κ3) is 6.53. The molecule has 0 fully saturated rings. The molecule has 0 aliphatic rings. The van der Waals surface area contributed by atoms with Gasteiger partial charge in [0.1, 0.15) is 6.04 Å². The zero-order chi connectivity index (χ0) is 26.0. The van der Waals surface area contributed by atoms with Crippen molar-refractivity contribution >= 4 is 33.6 Å². The fraction of sp³-hybridized carbons (Fsp3) is 0.400. The Morgan fingerprint density at radius 3 is 2.32 bits per heavy atom. The molecule has 0 aliphatic carbocycles. The monoisotopic (exact) mass is 499 g/mol. The van der Waals surface area contributed by atoms with E-state index in [0.717, 1.165) is 60.4 Å². The quantitative estimate of drug-likeness (QED) is 0.232. The molecular weight excluding hydrogens is 462 g/mol. The predicted octanol–water partition coefficient (Wildman–Crippen LogP) is 5.66. The second-order valence-corrected chi connectivity index (χ2v) is 9.60. The Labute approximate surface area is 218 Å². The second-order valence-electron chi connectivity index (χ2n) is 9.60. The molecule has 0 unspecified atom stereocenters. The normalized spacial score (nSPS) is 12.1. The van der Waals surface area contributed by atoms with Gasteiger partial charge in [-0.3, -0.25) is 9.59 Å². The molecule has 2 aromatic heterocycles. The highest BCUT2D eigenvalue weighted by molar-refractivity contribution is 6.07. The van der Waals surface area contributed by atoms with Crippen LogP contribution in [0.5, 0.6) is 0 Å². The molecule has 4 aromatic rings. The Morgan fingerprint density at radius 1 is 0.919 bits per heavy atom. The molecule has 2 amide bonds. The molecule has 7 nitrogen and oxygen atoms in total. The van der Waals surface area contributed by atoms with E-state index in [-0.39, 0.29) is 11.8 Å². The molecule has 0 aliphatic heterocycles. The third-order valence-corrected chi connectivity index (χ3v) is 6.87. The Kier molecular flexibility index (Phi) is 9.24. The molecule has 4 rings (SSSR count). The number of hydrogen-bond acceptors (Lipinski definition) is 4. The zero-order valence-corrected chi connectivity index (χ0v) is 21.9. The molecule has 0 radical (unpaired) electrons. The summed E-state index contributed by atoms with van der Waals surface area (Å²) in [6, 6.07) is 14.8. The fourth-order valence-corrected chi connectivity index (χ4v) is 4.80. The average molecular weight is 500 g/mol. The van der Waals surface area contributed by atoms with E-state index in [1.54, 1.807) is 0 Å². The van der Waals surface area contributed by atoms with Crippen molar-refractivity contribution in [3.8, 4) is 0 Å². The van der Waals surface area contributed by atoms with Gasteiger partial charge in [0.15, 0.2) is 0 Å².